The van der Waals surface area contributed by atoms with Gasteiger partial charge in [0.05, 0.1) is 19.2 Å². The van der Waals surface area contributed by atoms with Crippen LogP contribution < -0.4 is 20.7 Å². The number of ether oxygens (including phenoxy) is 1. The first-order chi connectivity index (χ1) is 18.4. The van der Waals surface area contributed by atoms with Crippen molar-refractivity contribution in [3.05, 3.63) is 112 Å². The molecule has 38 heavy (non-hydrogen) atoms. The van der Waals surface area contributed by atoms with E-state index in [2.05, 4.69) is 45.7 Å². The van der Waals surface area contributed by atoms with Crippen molar-refractivity contribution in [3.8, 4) is 5.75 Å². The first kappa shape index (κ1) is 29.0. The van der Waals surface area contributed by atoms with Crippen molar-refractivity contribution in [2.45, 2.75) is 44.9 Å². The van der Waals surface area contributed by atoms with E-state index >= 15 is 0 Å². The molecule has 0 atom stereocenters. The number of rotatable bonds is 10. The highest BCUT2D eigenvalue weighted by molar-refractivity contribution is 7.80. The monoisotopic (exact) mass is 532 g/mol. The molecule has 0 unspecified atom stereocenters. The smallest absolute Gasteiger partial charge is 0.254 e. The maximum Gasteiger partial charge on any atom is 0.254 e. The van der Waals surface area contributed by atoms with Crippen LogP contribution in [0.25, 0.3) is 0 Å². The summed E-state index contributed by atoms with van der Waals surface area (Å²) < 4.78 is 10.4. The second-order valence-corrected chi connectivity index (χ2v) is 9.35. The zero-order chi connectivity index (χ0) is 27.3. The fraction of sp³-hybridized carbons (Fsp3) is 0.267. The molecule has 0 aliphatic carbocycles. The van der Waals surface area contributed by atoms with Gasteiger partial charge in [-0.3, -0.25) is 9.78 Å². The molecule has 3 N–H and O–H groups in total. The lowest BCUT2D eigenvalue weighted by molar-refractivity contribution is 0.0950. The number of carbonyl (C=O) groups excluding carboxylic acids is 1. The Labute approximate surface area is 230 Å². The van der Waals surface area contributed by atoms with E-state index in [9.17, 15) is 4.79 Å². The highest BCUT2D eigenvalue weighted by Gasteiger charge is 2.09. The number of aromatic nitrogens is 1. The number of nitrogens with zero attached hydrogens (tertiary/aromatic N) is 1. The molecule has 8 heteroatoms. The number of carbonyl (C=O) groups is 1. The van der Waals surface area contributed by atoms with Gasteiger partial charge in [0.25, 0.3) is 5.91 Å². The van der Waals surface area contributed by atoms with Crippen LogP contribution in [0, 0.1) is 13.8 Å². The minimum Gasteiger partial charge on any atom is -0.497 e. The second kappa shape index (κ2) is 15.0. The van der Waals surface area contributed by atoms with Crippen molar-refractivity contribution in [1.29, 1.82) is 0 Å². The molecular formula is C30H36N4O3S. The van der Waals surface area contributed by atoms with Crippen molar-refractivity contribution in [2.24, 2.45) is 0 Å². The number of methoxy groups -OCH3 is 1. The molecule has 4 aromatic rings. The number of thiol groups is 1. The molecule has 0 radical (unpaired) electrons. The first-order valence-electron chi connectivity index (χ1n) is 12.4. The molecule has 0 fully saturated rings. The second-order valence-electron chi connectivity index (χ2n) is 8.90. The Hall–Kier alpha value is -3.59. The van der Waals surface area contributed by atoms with Gasteiger partial charge >= 0.3 is 0 Å². The largest absolute Gasteiger partial charge is 0.497 e. The Morgan fingerprint density at radius 1 is 0.895 bits per heavy atom. The lowest BCUT2D eigenvalue weighted by Gasteiger charge is -2.07. The first-order valence-corrected chi connectivity index (χ1v) is 12.9. The standard InChI is InChI=1S/C21H24N4O2.C9H12OS/c1-22-14-20-10-19(15-27-20)21(26)25-13-17-4-2-16(3-5-17)11-24-12-18-6-8-23-9-7-18;1-6-4-8(10-3)5-7(2)9(6)11/h2-10,15,22,24H,11-14H2,1H3,(H,25,26);4-5,11H,1-3H3. The number of hydrogen-bond acceptors (Lipinski definition) is 7. The van der Waals surface area contributed by atoms with Crippen LogP contribution in [0.5, 0.6) is 5.75 Å². The van der Waals surface area contributed by atoms with E-state index in [1.165, 1.54) is 17.4 Å². The van der Waals surface area contributed by atoms with Crippen molar-refractivity contribution >= 4 is 18.5 Å². The number of furan rings is 1. The van der Waals surface area contributed by atoms with Crippen LogP contribution >= 0.6 is 12.6 Å². The summed E-state index contributed by atoms with van der Waals surface area (Å²) in [5, 5.41) is 9.31. The SMILES string of the molecule is CNCc1cc(C(=O)NCc2ccc(CNCc3ccncc3)cc2)co1.COc1cc(C)c(S)c(C)c1. The van der Waals surface area contributed by atoms with E-state index in [1.54, 1.807) is 25.6 Å². The van der Waals surface area contributed by atoms with E-state index in [0.717, 1.165) is 46.2 Å². The number of hydrogen-bond donors (Lipinski definition) is 4. The quantitative estimate of drug-likeness (QED) is 0.210. The van der Waals surface area contributed by atoms with E-state index < -0.39 is 0 Å². The molecule has 200 valence electrons. The maximum absolute atomic E-state index is 12.2. The Morgan fingerprint density at radius 2 is 1.47 bits per heavy atom. The average molecular weight is 533 g/mol. The molecule has 0 saturated carbocycles. The molecule has 7 nitrogen and oxygen atoms in total. The Morgan fingerprint density at radius 3 is 2.05 bits per heavy atom. The molecule has 0 spiro atoms. The molecule has 2 aromatic carbocycles. The van der Waals surface area contributed by atoms with Gasteiger partial charge in [0.1, 0.15) is 17.8 Å². The number of nitrogens with one attached hydrogen (secondary N) is 3. The normalized spacial score (nSPS) is 10.4. The minimum absolute atomic E-state index is 0.135. The zero-order valence-corrected chi connectivity index (χ0v) is 23.3. The molecule has 0 saturated heterocycles. The summed E-state index contributed by atoms with van der Waals surface area (Å²) >= 11 is 4.34. The number of amides is 1. The van der Waals surface area contributed by atoms with Crippen LogP contribution in [-0.4, -0.2) is 25.0 Å². The lowest BCUT2D eigenvalue weighted by Crippen LogP contribution is -2.22. The third kappa shape index (κ3) is 9.06. The van der Waals surface area contributed by atoms with E-state index in [1.807, 2.05) is 57.3 Å². The zero-order valence-electron chi connectivity index (χ0n) is 22.4. The van der Waals surface area contributed by atoms with Crippen LogP contribution in [0.15, 0.2) is 82.6 Å². The highest BCUT2D eigenvalue weighted by Crippen LogP contribution is 2.23. The predicted molar refractivity (Wildman–Crippen MR) is 154 cm³/mol. The van der Waals surface area contributed by atoms with Crippen LogP contribution in [0.1, 0.15) is 43.9 Å². The number of aryl methyl sites for hydroxylation is 2. The van der Waals surface area contributed by atoms with Gasteiger partial charge in [-0.1, -0.05) is 24.3 Å². The molecule has 2 heterocycles. The van der Waals surface area contributed by atoms with E-state index in [0.29, 0.717) is 18.7 Å². The van der Waals surface area contributed by atoms with Gasteiger partial charge in [-0.05, 0) is 79.0 Å². The van der Waals surface area contributed by atoms with Crippen LogP contribution in [0.2, 0.25) is 0 Å². The Kier molecular flexibility index (Phi) is 11.4. The van der Waals surface area contributed by atoms with Crippen LogP contribution in [0.3, 0.4) is 0 Å². The van der Waals surface area contributed by atoms with Crippen molar-refractivity contribution in [2.75, 3.05) is 14.2 Å². The number of benzene rings is 2. The summed E-state index contributed by atoms with van der Waals surface area (Å²) in [6.45, 7) is 6.73. The Bertz CT molecular complexity index is 1270. The summed E-state index contributed by atoms with van der Waals surface area (Å²) in [5.41, 5.74) is 6.32. The van der Waals surface area contributed by atoms with Crippen molar-refractivity contribution in [3.63, 3.8) is 0 Å². The molecule has 0 bridgehead atoms. The number of pyridine rings is 1. The average Bonchev–Trinajstić information content (AvgIpc) is 3.41. The fourth-order valence-electron chi connectivity index (χ4n) is 3.71. The third-order valence-electron chi connectivity index (χ3n) is 5.85. The molecule has 4 rings (SSSR count). The van der Waals surface area contributed by atoms with Gasteiger partial charge in [-0.15, -0.1) is 12.6 Å². The molecular weight excluding hydrogens is 496 g/mol. The molecule has 1 amide bonds. The highest BCUT2D eigenvalue weighted by atomic mass is 32.1. The van der Waals surface area contributed by atoms with Crippen molar-refractivity contribution < 1.29 is 13.9 Å². The summed E-state index contributed by atoms with van der Waals surface area (Å²) in [4.78, 5) is 17.2. The molecule has 0 aliphatic rings. The summed E-state index contributed by atoms with van der Waals surface area (Å²) in [6, 6.07) is 17.9. The summed E-state index contributed by atoms with van der Waals surface area (Å²) in [7, 11) is 3.51. The maximum atomic E-state index is 12.2. The topological polar surface area (TPSA) is 88.4 Å². The van der Waals surface area contributed by atoms with Crippen molar-refractivity contribution in [1.82, 2.24) is 20.9 Å². The summed E-state index contributed by atoms with van der Waals surface area (Å²) in [6.07, 6.45) is 5.08. The van der Waals surface area contributed by atoms with Crippen LogP contribution in [0.4, 0.5) is 0 Å². The van der Waals surface area contributed by atoms with Gasteiger partial charge in [0.2, 0.25) is 0 Å². The van der Waals surface area contributed by atoms with Crippen LogP contribution in [-0.2, 0) is 26.2 Å². The van der Waals surface area contributed by atoms with E-state index in [4.69, 9.17) is 9.15 Å². The molecule has 0 aliphatic heterocycles. The van der Waals surface area contributed by atoms with Gasteiger partial charge in [-0.25, -0.2) is 0 Å². The lowest BCUT2D eigenvalue weighted by atomic mass is 10.1. The molecule has 2 aromatic heterocycles. The fourth-order valence-corrected chi connectivity index (χ4v) is 3.84. The van der Waals surface area contributed by atoms with Gasteiger partial charge < -0.3 is 25.1 Å². The minimum atomic E-state index is -0.135. The predicted octanol–water partition coefficient (Wildman–Crippen LogP) is 5.21. The third-order valence-corrected chi connectivity index (χ3v) is 6.56. The Balaban J connectivity index is 0.000000304. The van der Waals surface area contributed by atoms with Gasteiger partial charge in [0, 0.05) is 36.9 Å². The van der Waals surface area contributed by atoms with E-state index in [-0.39, 0.29) is 5.91 Å². The summed E-state index contributed by atoms with van der Waals surface area (Å²) in [5.74, 6) is 1.51. The van der Waals surface area contributed by atoms with Gasteiger partial charge in [-0.2, -0.15) is 0 Å². The van der Waals surface area contributed by atoms with Gasteiger partial charge in [0.15, 0.2) is 0 Å².